The normalized spacial score (nSPS) is 18.2. The molecule has 0 N–H and O–H groups in total. The number of carbonyl (C=O) groups is 2. The lowest BCUT2D eigenvalue weighted by Crippen LogP contribution is -2.49. The fourth-order valence-corrected chi connectivity index (χ4v) is 4.65. The molecule has 202 valence electrons. The highest BCUT2D eigenvalue weighted by molar-refractivity contribution is 5.73. The number of ether oxygens (including phenoxy) is 4. The summed E-state index contributed by atoms with van der Waals surface area (Å²) in [4.78, 5) is 27.6. The van der Waals surface area contributed by atoms with Crippen LogP contribution in [0.5, 0.6) is 0 Å². The number of hydrogen-bond acceptors (Lipinski definition) is 6. The summed E-state index contributed by atoms with van der Waals surface area (Å²) in [7, 11) is 1.57. The van der Waals surface area contributed by atoms with Crippen molar-refractivity contribution in [3.8, 4) is 0 Å². The highest BCUT2D eigenvalue weighted by Gasteiger charge is 2.41. The van der Waals surface area contributed by atoms with E-state index in [1.165, 1.54) is 0 Å². The SMILES string of the molecule is CO[C@H]([C@@H](C)C(=O)OC[C@H](Cc1ccccc1)OCc1ccccc1)[C@@H]1CCCN1C(=O)OC(C)(C)C. The van der Waals surface area contributed by atoms with E-state index < -0.39 is 17.6 Å². The fourth-order valence-electron chi connectivity index (χ4n) is 4.65. The molecule has 0 radical (unpaired) electrons. The van der Waals surface area contributed by atoms with Crippen molar-refractivity contribution in [3.05, 3.63) is 71.8 Å². The largest absolute Gasteiger partial charge is 0.463 e. The predicted molar refractivity (Wildman–Crippen MR) is 142 cm³/mol. The summed E-state index contributed by atoms with van der Waals surface area (Å²) in [6, 6.07) is 19.7. The van der Waals surface area contributed by atoms with Crippen LogP contribution in [0.2, 0.25) is 0 Å². The molecule has 4 atom stereocenters. The zero-order valence-electron chi connectivity index (χ0n) is 22.7. The molecule has 0 unspecified atom stereocenters. The minimum Gasteiger partial charge on any atom is -0.463 e. The van der Waals surface area contributed by atoms with Gasteiger partial charge in [0.1, 0.15) is 12.2 Å². The van der Waals surface area contributed by atoms with Gasteiger partial charge < -0.3 is 23.8 Å². The highest BCUT2D eigenvalue weighted by Crippen LogP contribution is 2.28. The minimum atomic E-state index is -0.592. The quantitative estimate of drug-likeness (QED) is 0.376. The maximum atomic E-state index is 13.1. The van der Waals surface area contributed by atoms with Crippen molar-refractivity contribution >= 4 is 12.1 Å². The third-order valence-corrected chi connectivity index (χ3v) is 6.49. The van der Waals surface area contributed by atoms with Crippen molar-refractivity contribution in [1.29, 1.82) is 0 Å². The van der Waals surface area contributed by atoms with Gasteiger partial charge in [0, 0.05) is 20.1 Å². The molecule has 0 aromatic heterocycles. The smallest absolute Gasteiger partial charge is 0.410 e. The number of carbonyl (C=O) groups excluding carboxylic acids is 2. The zero-order valence-corrected chi connectivity index (χ0v) is 22.7. The number of benzene rings is 2. The lowest BCUT2D eigenvalue weighted by atomic mass is 9.96. The molecule has 1 aliphatic rings. The zero-order chi connectivity index (χ0) is 26.8. The Kier molecular flexibility index (Phi) is 10.5. The molecule has 0 spiro atoms. The second kappa shape index (κ2) is 13.6. The maximum absolute atomic E-state index is 13.1. The molecule has 2 aromatic carbocycles. The number of nitrogens with zero attached hydrogens (tertiary/aromatic N) is 1. The van der Waals surface area contributed by atoms with Gasteiger partial charge in [-0.25, -0.2) is 4.79 Å². The first kappa shape index (κ1) is 28.7. The van der Waals surface area contributed by atoms with Crippen LogP contribution < -0.4 is 0 Å². The molecule has 0 saturated carbocycles. The van der Waals surface area contributed by atoms with Crippen LogP contribution in [0.3, 0.4) is 0 Å². The fraction of sp³-hybridized carbons (Fsp3) is 0.533. The Morgan fingerprint density at radius 2 is 1.62 bits per heavy atom. The predicted octanol–water partition coefficient (Wildman–Crippen LogP) is 5.41. The number of hydrogen-bond donors (Lipinski definition) is 0. The van der Waals surface area contributed by atoms with Crippen molar-refractivity contribution < 1.29 is 28.5 Å². The van der Waals surface area contributed by atoms with Crippen molar-refractivity contribution in [2.45, 2.75) is 77.4 Å². The van der Waals surface area contributed by atoms with Crippen molar-refractivity contribution in [1.82, 2.24) is 4.90 Å². The van der Waals surface area contributed by atoms with Gasteiger partial charge >= 0.3 is 12.1 Å². The van der Waals surface area contributed by atoms with Gasteiger partial charge in [0.15, 0.2) is 0 Å². The molecule has 2 aromatic rings. The third kappa shape index (κ3) is 8.86. The summed E-state index contributed by atoms with van der Waals surface area (Å²) in [5.41, 5.74) is 1.58. The van der Waals surface area contributed by atoms with E-state index in [0.717, 1.165) is 24.0 Å². The topological polar surface area (TPSA) is 74.3 Å². The molecule has 1 amide bonds. The van der Waals surface area contributed by atoms with E-state index in [-0.39, 0.29) is 30.8 Å². The molecule has 3 rings (SSSR count). The first-order valence-corrected chi connectivity index (χ1v) is 13.1. The van der Waals surface area contributed by atoms with Crippen LogP contribution in [0.1, 0.15) is 51.7 Å². The maximum Gasteiger partial charge on any atom is 0.410 e. The van der Waals surface area contributed by atoms with E-state index in [1.807, 2.05) is 81.4 Å². The number of likely N-dealkylation sites (tertiary alicyclic amines) is 1. The average molecular weight is 512 g/mol. The second-order valence-corrected chi connectivity index (χ2v) is 10.6. The van der Waals surface area contributed by atoms with Gasteiger partial charge in [-0.3, -0.25) is 4.79 Å². The number of rotatable bonds is 11. The van der Waals surface area contributed by atoms with Crippen LogP contribution >= 0.6 is 0 Å². The molecule has 0 aliphatic carbocycles. The Morgan fingerprint density at radius 1 is 1.00 bits per heavy atom. The summed E-state index contributed by atoms with van der Waals surface area (Å²) >= 11 is 0. The summed E-state index contributed by atoms with van der Waals surface area (Å²) in [6.07, 6.45) is 1.02. The molecule has 1 saturated heterocycles. The van der Waals surface area contributed by atoms with Crippen LogP contribution in [0.25, 0.3) is 0 Å². The van der Waals surface area contributed by atoms with Gasteiger partial charge in [0.05, 0.1) is 30.8 Å². The van der Waals surface area contributed by atoms with Crippen LogP contribution in [-0.2, 0) is 36.8 Å². The Hall–Kier alpha value is -2.90. The summed E-state index contributed by atoms with van der Waals surface area (Å²) in [5.74, 6) is -0.936. The highest BCUT2D eigenvalue weighted by atomic mass is 16.6. The van der Waals surface area contributed by atoms with Gasteiger partial charge in [-0.1, -0.05) is 60.7 Å². The van der Waals surface area contributed by atoms with Crippen molar-refractivity contribution in [3.63, 3.8) is 0 Å². The van der Waals surface area contributed by atoms with E-state index in [1.54, 1.807) is 18.9 Å². The van der Waals surface area contributed by atoms with Crippen LogP contribution in [0.15, 0.2) is 60.7 Å². The van der Waals surface area contributed by atoms with Gasteiger partial charge in [0.2, 0.25) is 0 Å². The molecular weight excluding hydrogens is 470 g/mol. The molecule has 1 fully saturated rings. The van der Waals surface area contributed by atoms with Crippen LogP contribution in [-0.4, -0.2) is 61.1 Å². The van der Waals surface area contributed by atoms with E-state index in [2.05, 4.69) is 0 Å². The Morgan fingerprint density at radius 3 is 2.22 bits per heavy atom. The van der Waals surface area contributed by atoms with Crippen LogP contribution in [0.4, 0.5) is 4.79 Å². The number of amides is 1. The minimum absolute atomic E-state index is 0.127. The summed E-state index contributed by atoms with van der Waals surface area (Å²) in [6.45, 7) is 8.45. The summed E-state index contributed by atoms with van der Waals surface area (Å²) < 4.78 is 23.3. The Bertz CT molecular complexity index is 975. The Labute approximate surface area is 221 Å². The van der Waals surface area contributed by atoms with E-state index in [0.29, 0.717) is 19.6 Å². The second-order valence-electron chi connectivity index (χ2n) is 10.6. The lowest BCUT2D eigenvalue weighted by molar-refractivity contribution is -0.159. The van der Waals surface area contributed by atoms with E-state index >= 15 is 0 Å². The third-order valence-electron chi connectivity index (χ3n) is 6.49. The summed E-state index contributed by atoms with van der Waals surface area (Å²) in [5, 5.41) is 0. The van der Waals surface area contributed by atoms with E-state index in [9.17, 15) is 9.59 Å². The molecular formula is C30H41NO6. The number of methoxy groups -OCH3 is 1. The van der Waals surface area contributed by atoms with Gasteiger partial charge in [-0.2, -0.15) is 0 Å². The van der Waals surface area contributed by atoms with Crippen molar-refractivity contribution in [2.75, 3.05) is 20.3 Å². The molecule has 1 heterocycles. The molecule has 1 aliphatic heterocycles. The Balaban J connectivity index is 1.62. The first-order chi connectivity index (χ1) is 17.7. The molecule has 37 heavy (non-hydrogen) atoms. The van der Waals surface area contributed by atoms with Crippen molar-refractivity contribution in [2.24, 2.45) is 5.92 Å². The molecule has 7 nitrogen and oxygen atoms in total. The monoisotopic (exact) mass is 511 g/mol. The van der Waals surface area contributed by atoms with Crippen LogP contribution in [0, 0.1) is 5.92 Å². The lowest BCUT2D eigenvalue weighted by Gasteiger charge is -2.34. The van der Waals surface area contributed by atoms with E-state index in [4.69, 9.17) is 18.9 Å². The first-order valence-electron chi connectivity index (χ1n) is 13.1. The average Bonchev–Trinajstić information content (AvgIpc) is 3.36. The van der Waals surface area contributed by atoms with Gasteiger partial charge in [-0.05, 0) is 51.7 Å². The van der Waals surface area contributed by atoms with Gasteiger partial charge in [0.25, 0.3) is 0 Å². The molecule has 0 bridgehead atoms. The van der Waals surface area contributed by atoms with Gasteiger partial charge in [-0.15, -0.1) is 0 Å². The standard InChI is InChI=1S/C30H41NO6/c1-22(27(34-5)26-17-12-18-31(26)29(33)37-30(2,3)4)28(32)36-21-25(19-23-13-8-6-9-14-23)35-20-24-15-10-7-11-16-24/h6-11,13-16,22,25-27H,12,17-21H2,1-5H3/t22-,25+,26+,27-/m1/s1. The molecule has 7 heteroatoms. The number of esters is 1.